The molecule has 33 heavy (non-hydrogen) atoms. The van der Waals surface area contributed by atoms with Gasteiger partial charge in [-0.3, -0.25) is 9.59 Å². The molecule has 5 heteroatoms. The molecule has 0 heterocycles. The van der Waals surface area contributed by atoms with E-state index >= 15 is 0 Å². The van der Waals surface area contributed by atoms with Gasteiger partial charge in [-0.05, 0) is 55.7 Å². The van der Waals surface area contributed by atoms with Crippen LogP contribution in [0.1, 0.15) is 71.1 Å². The van der Waals surface area contributed by atoms with E-state index in [1.54, 1.807) is 24.3 Å². The number of carboxylic acid groups (broad SMARTS) is 1. The predicted molar refractivity (Wildman–Crippen MR) is 134 cm³/mol. The summed E-state index contributed by atoms with van der Waals surface area (Å²) in [6.07, 6.45) is 14.0. The Morgan fingerprint density at radius 2 is 1.52 bits per heavy atom. The molecular formula is C28H37NO4. The van der Waals surface area contributed by atoms with E-state index in [1.807, 2.05) is 42.5 Å². The molecule has 0 aliphatic rings. The Morgan fingerprint density at radius 1 is 0.879 bits per heavy atom. The maximum atomic E-state index is 12.4. The van der Waals surface area contributed by atoms with E-state index in [0.717, 1.165) is 18.6 Å². The van der Waals surface area contributed by atoms with Crippen molar-refractivity contribution in [2.75, 3.05) is 5.32 Å². The minimum atomic E-state index is -0.947. The average molecular weight is 452 g/mol. The number of anilines is 1. The molecule has 1 unspecified atom stereocenters. The molecule has 0 aliphatic carbocycles. The number of carbonyl (C=O) groups is 2. The van der Waals surface area contributed by atoms with Gasteiger partial charge in [0.2, 0.25) is 5.91 Å². The largest absolute Gasteiger partial charge is 0.481 e. The summed E-state index contributed by atoms with van der Waals surface area (Å²) in [4.78, 5) is 23.9. The standard InChI is InChI=1S/C28H37NO4/c1-2-3-4-5-6-7-8-9-10-12-15-23(28(31)32)22-27(30)29-24-18-20-26(21-19-24)33-25-16-13-11-14-17-25/h10-14,16-21,23H,2-9,15,22H2,1H3,(H,29,30)(H,31,32)/b12-10+. The minimum absolute atomic E-state index is 0.0562. The summed E-state index contributed by atoms with van der Waals surface area (Å²) in [5.41, 5.74) is 0.610. The fourth-order valence-electron chi connectivity index (χ4n) is 3.54. The lowest BCUT2D eigenvalue weighted by molar-refractivity contribution is -0.143. The smallest absolute Gasteiger partial charge is 0.307 e. The summed E-state index contributed by atoms with van der Waals surface area (Å²) in [7, 11) is 0. The monoisotopic (exact) mass is 451 g/mol. The normalized spacial score (nSPS) is 11.9. The molecule has 178 valence electrons. The summed E-state index contributed by atoms with van der Waals surface area (Å²) >= 11 is 0. The Balaban J connectivity index is 1.70. The van der Waals surface area contributed by atoms with Crippen LogP contribution < -0.4 is 10.1 Å². The number of ether oxygens (including phenoxy) is 1. The summed E-state index contributed by atoms with van der Waals surface area (Å²) in [6, 6.07) is 16.5. The SMILES string of the molecule is CCCCCCCCC/C=C/CC(CC(=O)Nc1ccc(Oc2ccccc2)cc1)C(=O)O. The molecule has 5 nitrogen and oxygen atoms in total. The van der Waals surface area contributed by atoms with Crippen molar-refractivity contribution in [1.29, 1.82) is 0 Å². The van der Waals surface area contributed by atoms with Crippen molar-refractivity contribution >= 4 is 17.6 Å². The zero-order chi connectivity index (χ0) is 23.7. The van der Waals surface area contributed by atoms with Crippen molar-refractivity contribution in [1.82, 2.24) is 0 Å². The maximum Gasteiger partial charge on any atom is 0.307 e. The van der Waals surface area contributed by atoms with Gasteiger partial charge in [0.05, 0.1) is 5.92 Å². The number of aliphatic carboxylic acids is 1. The van der Waals surface area contributed by atoms with Gasteiger partial charge in [-0.15, -0.1) is 0 Å². The lowest BCUT2D eigenvalue weighted by atomic mass is 10.00. The third-order valence-electron chi connectivity index (χ3n) is 5.46. The van der Waals surface area contributed by atoms with Crippen LogP contribution in [0.2, 0.25) is 0 Å². The summed E-state index contributed by atoms with van der Waals surface area (Å²) < 4.78 is 5.74. The van der Waals surface area contributed by atoms with E-state index in [2.05, 4.69) is 12.2 Å². The van der Waals surface area contributed by atoms with Crippen molar-refractivity contribution in [2.45, 2.75) is 71.1 Å². The second-order valence-corrected chi connectivity index (χ2v) is 8.34. The molecule has 2 N–H and O–H groups in total. The molecule has 2 rings (SSSR count). The Kier molecular flexibility index (Phi) is 12.4. The number of carbonyl (C=O) groups excluding carboxylic acids is 1. The van der Waals surface area contributed by atoms with Crippen LogP contribution in [-0.2, 0) is 9.59 Å². The first kappa shape index (κ1) is 26.2. The van der Waals surface area contributed by atoms with Gasteiger partial charge >= 0.3 is 5.97 Å². The van der Waals surface area contributed by atoms with Crippen LogP contribution >= 0.6 is 0 Å². The van der Waals surface area contributed by atoms with Crippen molar-refractivity contribution < 1.29 is 19.4 Å². The fourth-order valence-corrected chi connectivity index (χ4v) is 3.54. The van der Waals surface area contributed by atoms with Crippen molar-refractivity contribution in [3.8, 4) is 11.5 Å². The quantitative estimate of drug-likeness (QED) is 0.203. The molecule has 0 aromatic heterocycles. The van der Waals surface area contributed by atoms with Gasteiger partial charge in [0, 0.05) is 12.1 Å². The molecule has 1 atom stereocenters. The predicted octanol–water partition coefficient (Wildman–Crippen LogP) is 7.60. The van der Waals surface area contributed by atoms with Crippen molar-refractivity contribution in [3.05, 3.63) is 66.7 Å². The van der Waals surface area contributed by atoms with Crippen LogP contribution in [0.4, 0.5) is 5.69 Å². The fraction of sp³-hybridized carbons (Fsp3) is 0.429. The number of para-hydroxylation sites is 1. The lowest BCUT2D eigenvalue weighted by Crippen LogP contribution is -2.21. The van der Waals surface area contributed by atoms with Gasteiger partial charge < -0.3 is 15.2 Å². The maximum absolute atomic E-state index is 12.4. The zero-order valence-electron chi connectivity index (χ0n) is 19.7. The van der Waals surface area contributed by atoms with E-state index in [9.17, 15) is 14.7 Å². The highest BCUT2D eigenvalue weighted by Crippen LogP contribution is 2.23. The molecule has 0 radical (unpaired) electrons. The number of allylic oxidation sites excluding steroid dienone is 2. The van der Waals surface area contributed by atoms with E-state index in [4.69, 9.17) is 4.74 Å². The zero-order valence-corrected chi connectivity index (χ0v) is 19.7. The third-order valence-corrected chi connectivity index (χ3v) is 5.46. The van der Waals surface area contributed by atoms with Gasteiger partial charge in [-0.1, -0.05) is 75.8 Å². The average Bonchev–Trinajstić information content (AvgIpc) is 2.81. The molecule has 0 bridgehead atoms. The second kappa shape index (κ2) is 15.7. The number of hydrogen-bond donors (Lipinski definition) is 2. The van der Waals surface area contributed by atoms with Gasteiger partial charge in [-0.2, -0.15) is 0 Å². The topological polar surface area (TPSA) is 75.6 Å². The molecule has 1 amide bonds. The van der Waals surface area contributed by atoms with E-state index in [-0.39, 0.29) is 12.3 Å². The second-order valence-electron chi connectivity index (χ2n) is 8.34. The lowest BCUT2D eigenvalue weighted by Gasteiger charge is -2.11. The number of unbranched alkanes of at least 4 members (excludes halogenated alkanes) is 7. The molecular weight excluding hydrogens is 414 g/mol. The summed E-state index contributed by atoms with van der Waals surface area (Å²) in [5, 5.41) is 12.3. The Labute approximate surface area is 197 Å². The molecule has 0 spiro atoms. The van der Waals surface area contributed by atoms with E-state index < -0.39 is 11.9 Å². The molecule has 0 fully saturated rings. The highest BCUT2D eigenvalue weighted by molar-refractivity contribution is 5.93. The van der Waals surface area contributed by atoms with Crippen molar-refractivity contribution in [2.24, 2.45) is 5.92 Å². The first-order chi connectivity index (χ1) is 16.1. The molecule has 0 saturated heterocycles. The van der Waals surface area contributed by atoms with E-state index in [1.165, 1.54) is 38.5 Å². The van der Waals surface area contributed by atoms with Gasteiger partial charge in [0.15, 0.2) is 0 Å². The van der Waals surface area contributed by atoms with Crippen LogP contribution in [0.5, 0.6) is 11.5 Å². The molecule has 0 saturated carbocycles. The van der Waals surface area contributed by atoms with Gasteiger partial charge in [0.1, 0.15) is 11.5 Å². The van der Waals surface area contributed by atoms with Gasteiger partial charge in [-0.25, -0.2) is 0 Å². The highest BCUT2D eigenvalue weighted by atomic mass is 16.5. The number of benzene rings is 2. The molecule has 0 aliphatic heterocycles. The first-order valence-electron chi connectivity index (χ1n) is 12.1. The number of carboxylic acids is 1. The molecule has 2 aromatic carbocycles. The van der Waals surface area contributed by atoms with Crippen LogP contribution in [0.3, 0.4) is 0 Å². The Hall–Kier alpha value is -3.08. The van der Waals surface area contributed by atoms with Crippen LogP contribution in [0.15, 0.2) is 66.7 Å². The summed E-state index contributed by atoms with van der Waals surface area (Å²) in [6.45, 7) is 2.22. The molecule has 2 aromatic rings. The van der Waals surface area contributed by atoms with Gasteiger partial charge in [0.25, 0.3) is 0 Å². The number of hydrogen-bond acceptors (Lipinski definition) is 3. The third kappa shape index (κ3) is 11.4. The Morgan fingerprint density at radius 3 is 2.18 bits per heavy atom. The van der Waals surface area contributed by atoms with Crippen molar-refractivity contribution in [3.63, 3.8) is 0 Å². The summed E-state index contributed by atoms with van der Waals surface area (Å²) in [5.74, 6) is -0.583. The first-order valence-corrected chi connectivity index (χ1v) is 12.1. The number of rotatable bonds is 16. The van der Waals surface area contributed by atoms with Crippen LogP contribution in [0.25, 0.3) is 0 Å². The van der Waals surface area contributed by atoms with Crippen LogP contribution in [0, 0.1) is 5.92 Å². The number of amides is 1. The number of nitrogens with one attached hydrogen (secondary N) is 1. The highest BCUT2D eigenvalue weighted by Gasteiger charge is 2.20. The Bertz CT molecular complexity index is 846. The van der Waals surface area contributed by atoms with E-state index in [0.29, 0.717) is 17.9 Å². The van der Waals surface area contributed by atoms with Crippen LogP contribution in [-0.4, -0.2) is 17.0 Å². The minimum Gasteiger partial charge on any atom is -0.481 e.